The van der Waals surface area contributed by atoms with Crippen molar-refractivity contribution in [1.29, 1.82) is 0 Å². The zero-order chi connectivity index (χ0) is 17.4. The van der Waals surface area contributed by atoms with Crippen molar-refractivity contribution in [3.8, 4) is 0 Å². The molecular weight excluding hydrogens is 324 g/mol. The summed E-state index contributed by atoms with van der Waals surface area (Å²) in [6, 6.07) is -0.444. The fourth-order valence-electron chi connectivity index (χ4n) is 3.80. The van der Waals surface area contributed by atoms with E-state index in [-0.39, 0.29) is 30.9 Å². The summed E-state index contributed by atoms with van der Waals surface area (Å²) in [7, 11) is 0. The molecule has 134 valence electrons. The average Bonchev–Trinajstić information content (AvgIpc) is 3.02. The smallest absolute Gasteiger partial charge is 0.325 e. The maximum atomic E-state index is 12.3. The van der Waals surface area contributed by atoms with Crippen LogP contribution >= 0.6 is 0 Å². The molecule has 0 bridgehead atoms. The zero-order valence-electron chi connectivity index (χ0n) is 13.9. The number of amides is 4. The molecule has 4 rings (SSSR count). The molecule has 0 unspecified atom stereocenters. The second-order valence-electron chi connectivity index (χ2n) is 7.04. The molecule has 2 atom stereocenters. The Hall–Kier alpha value is -2.42. The van der Waals surface area contributed by atoms with Gasteiger partial charge in [-0.25, -0.2) is 9.78 Å². The molecule has 0 aromatic carbocycles. The summed E-state index contributed by atoms with van der Waals surface area (Å²) in [5.41, 5.74) is 0. The molecule has 2 saturated heterocycles. The predicted molar refractivity (Wildman–Crippen MR) is 87.1 cm³/mol. The summed E-state index contributed by atoms with van der Waals surface area (Å²) in [5.74, 6) is 1.36. The van der Waals surface area contributed by atoms with Gasteiger partial charge in [-0.1, -0.05) is 0 Å². The highest BCUT2D eigenvalue weighted by Crippen LogP contribution is 2.41. The van der Waals surface area contributed by atoms with Gasteiger partial charge in [-0.3, -0.25) is 19.4 Å². The molecule has 0 spiro atoms. The molecule has 3 N–H and O–H groups in total. The number of hydrogen-bond donors (Lipinski definition) is 3. The lowest BCUT2D eigenvalue weighted by atomic mass is 9.98. The van der Waals surface area contributed by atoms with Crippen LogP contribution in [0.5, 0.6) is 0 Å². The summed E-state index contributed by atoms with van der Waals surface area (Å²) in [4.78, 5) is 46.1. The molecule has 1 saturated carbocycles. The maximum absolute atomic E-state index is 12.3. The molecule has 1 aliphatic carbocycles. The van der Waals surface area contributed by atoms with Crippen LogP contribution < -0.4 is 10.6 Å². The van der Waals surface area contributed by atoms with Gasteiger partial charge in [-0.05, 0) is 24.7 Å². The number of nitrogens with zero attached hydrogens (tertiary/aromatic N) is 3. The lowest BCUT2D eigenvalue weighted by Gasteiger charge is -2.21. The Morgan fingerprint density at radius 1 is 1.32 bits per heavy atom. The van der Waals surface area contributed by atoms with Crippen molar-refractivity contribution in [3.63, 3.8) is 0 Å². The van der Waals surface area contributed by atoms with Gasteiger partial charge in [0.15, 0.2) is 0 Å². The van der Waals surface area contributed by atoms with Crippen molar-refractivity contribution in [2.45, 2.75) is 25.4 Å². The first kappa shape index (κ1) is 16.1. The summed E-state index contributed by atoms with van der Waals surface area (Å²) < 4.78 is 0. The van der Waals surface area contributed by atoms with Gasteiger partial charge in [-0.15, -0.1) is 0 Å². The van der Waals surface area contributed by atoms with Crippen molar-refractivity contribution in [2.24, 2.45) is 11.8 Å². The van der Waals surface area contributed by atoms with Crippen molar-refractivity contribution in [2.75, 3.05) is 26.2 Å². The van der Waals surface area contributed by atoms with Crippen LogP contribution in [0.15, 0.2) is 12.4 Å². The number of carbonyl (C=O) groups excluding carboxylic acids is 3. The maximum Gasteiger partial charge on any atom is 0.325 e. The Kier molecular flexibility index (Phi) is 4.16. The van der Waals surface area contributed by atoms with Gasteiger partial charge in [0.1, 0.15) is 12.4 Å². The topological polar surface area (TPSA) is 110 Å². The minimum Gasteiger partial charge on any atom is -0.350 e. The van der Waals surface area contributed by atoms with E-state index in [2.05, 4.69) is 25.5 Å². The molecule has 0 radical (unpaired) electrons. The van der Waals surface area contributed by atoms with Crippen LogP contribution in [0.25, 0.3) is 0 Å². The molecule has 9 nitrogen and oxygen atoms in total. The van der Waals surface area contributed by atoms with Gasteiger partial charge in [-0.2, -0.15) is 0 Å². The van der Waals surface area contributed by atoms with Gasteiger partial charge >= 0.3 is 6.03 Å². The van der Waals surface area contributed by atoms with E-state index in [4.69, 9.17) is 0 Å². The van der Waals surface area contributed by atoms with Crippen LogP contribution in [0.3, 0.4) is 0 Å². The molecule has 3 fully saturated rings. The monoisotopic (exact) mass is 346 g/mol. The van der Waals surface area contributed by atoms with E-state index in [0.29, 0.717) is 11.8 Å². The highest BCUT2D eigenvalue weighted by atomic mass is 16.2. The van der Waals surface area contributed by atoms with E-state index in [1.807, 2.05) is 0 Å². The van der Waals surface area contributed by atoms with Crippen LogP contribution in [0.4, 0.5) is 4.79 Å². The Morgan fingerprint density at radius 2 is 2.16 bits per heavy atom. The first-order chi connectivity index (χ1) is 12.1. The Labute approximate surface area is 145 Å². The first-order valence-corrected chi connectivity index (χ1v) is 8.68. The van der Waals surface area contributed by atoms with Crippen LogP contribution in [0.2, 0.25) is 0 Å². The average molecular weight is 346 g/mol. The number of urea groups is 1. The summed E-state index contributed by atoms with van der Waals surface area (Å²) in [5, 5.41) is 5.47. The molecule has 9 heteroatoms. The van der Waals surface area contributed by atoms with E-state index in [1.54, 1.807) is 12.4 Å². The van der Waals surface area contributed by atoms with Crippen molar-refractivity contribution < 1.29 is 14.4 Å². The highest BCUT2D eigenvalue weighted by molar-refractivity contribution is 6.04. The fraction of sp³-hybridized carbons (Fsp3) is 0.625. The van der Waals surface area contributed by atoms with Crippen LogP contribution in [0, 0.1) is 11.8 Å². The first-order valence-electron chi connectivity index (χ1n) is 8.68. The number of imidazole rings is 1. The number of aromatic amines is 1. The highest BCUT2D eigenvalue weighted by Gasteiger charge is 2.43. The number of likely N-dealkylation sites (tertiary alicyclic amines) is 1. The number of imide groups is 1. The van der Waals surface area contributed by atoms with Crippen LogP contribution in [0.1, 0.15) is 18.7 Å². The van der Waals surface area contributed by atoms with Crippen molar-refractivity contribution in [1.82, 2.24) is 30.4 Å². The van der Waals surface area contributed by atoms with Crippen molar-refractivity contribution in [3.05, 3.63) is 18.2 Å². The van der Waals surface area contributed by atoms with Crippen LogP contribution in [-0.4, -0.2) is 69.8 Å². The number of hydrogen-bond acceptors (Lipinski definition) is 5. The second-order valence-corrected chi connectivity index (χ2v) is 7.04. The molecule has 1 aromatic rings. The van der Waals surface area contributed by atoms with E-state index in [1.165, 1.54) is 12.8 Å². The lowest BCUT2D eigenvalue weighted by molar-refractivity contribution is -0.131. The standard InChI is InChI=1S/C16H22N6O3/c23-14(9-22-15(24)5-19-16(22)25)20-12-7-21(6-11(12)10-1-2-10)8-13-17-3-4-18-13/h3-4,10-12H,1-2,5-9H2,(H,17,18)(H,19,25)(H,20,23)/t11-,12+/m1/s1. The number of carbonyl (C=O) groups is 3. The lowest BCUT2D eigenvalue weighted by Crippen LogP contribution is -2.47. The van der Waals surface area contributed by atoms with E-state index in [9.17, 15) is 14.4 Å². The van der Waals surface area contributed by atoms with Gasteiger partial charge in [0.05, 0.1) is 13.1 Å². The molecular formula is C16H22N6O3. The molecule has 3 heterocycles. The normalized spacial score (nSPS) is 27.0. The molecule has 4 amide bonds. The number of nitrogens with one attached hydrogen (secondary N) is 3. The van der Waals surface area contributed by atoms with Gasteiger partial charge in [0.2, 0.25) is 5.91 Å². The third kappa shape index (κ3) is 3.51. The van der Waals surface area contributed by atoms with Gasteiger partial charge < -0.3 is 15.6 Å². The number of rotatable bonds is 6. The van der Waals surface area contributed by atoms with E-state index < -0.39 is 6.03 Å². The summed E-state index contributed by atoms with van der Waals surface area (Å²) in [6.45, 7) is 2.18. The van der Waals surface area contributed by atoms with Gasteiger partial charge in [0.25, 0.3) is 5.91 Å². The quantitative estimate of drug-likeness (QED) is 0.589. The number of H-pyrrole nitrogens is 1. The second kappa shape index (κ2) is 6.47. The Morgan fingerprint density at radius 3 is 2.80 bits per heavy atom. The van der Waals surface area contributed by atoms with Gasteiger partial charge in [0, 0.05) is 31.5 Å². The third-order valence-electron chi connectivity index (χ3n) is 5.18. The molecule has 1 aromatic heterocycles. The SMILES string of the molecule is O=C(CN1C(=O)CNC1=O)N[C@H]1CN(Cc2ncc[nH]2)C[C@@H]1C1CC1. The van der Waals surface area contributed by atoms with E-state index in [0.717, 1.165) is 30.4 Å². The largest absolute Gasteiger partial charge is 0.350 e. The third-order valence-corrected chi connectivity index (χ3v) is 5.18. The Bertz CT molecular complexity index is 655. The van der Waals surface area contributed by atoms with Crippen molar-refractivity contribution >= 4 is 17.8 Å². The number of aromatic nitrogens is 2. The molecule has 3 aliphatic rings. The summed E-state index contributed by atoms with van der Waals surface area (Å²) in [6.07, 6.45) is 5.96. The fourth-order valence-corrected chi connectivity index (χ4v) is 3.80. The Balaban J connectivity index is 1.35. The predicted octanol–water partition coefficient (Wildman–Crippen LogP) is -0.712. The minimum atomic E-state index is -0.496. The van der Waals surface area contributed by atoms with E-state index >= 15 is 0 Å². The van der Waals surface area contributed by atoms with Crippen LogP contribution in [-0.2, 0) is 16.1 Å². The minimum absolute atomic E-state index is 0.0306. The summed E-state index contributed by atoms with van der Waals surface area (Å²) >= 11 is 0. The molecule has 25 heavy (non-hydrogen) atoms. The zero-order valence-corrected chi connectivity index (χ0v) is 13.9. The molecule has 2 aliphatic heterocycles.